The first-order chi connectivity index (χ1) is 12.8. The highest BCUT2D eigenvalue weighted by Crippen LogP contribution is 2.12. The number of aliphatic imine (C=N–C) groups is 1. The maximum absolute atomic E-state index is 12.1. The Hall–Kier alpha value is -2.82. The number of likely N-dealkylation sites (tertiary alicyclic amines) is 1. The summed E-state index contributed by atoms with van der Waals surface area (Å²) < 4.78 is 0. The van der Waals surface area contributed by atoms with E-state index in [1.54, 1.807) is 0 Å². The fourth-order valence-electron chi connectivity index (χ4n) is 3.00. The van der Waals surface area contributed by atoms with Crippen LogP contribution in [0.4, 0.5) is 5.69 Å². The minimum atomic E-state index is -0.0589. The first-order valence-corrected chi connectivity index (χ1v) is 9.27. The van der Waals surface area contributed by atoms with E-state index in [1.165, 1.54) is 19.3 Å². The normalized spacial score (nSPS) is 14.8. The summed E-state index contributed by atoms with van der Waals surface area (Å²) in [6.07, 6.45) is 3.67. The molecule has 2 aromatic carbocycles. The number of hydrogen-bond acceptors (Lipinski definition) is 2. The SMILES string of the molecule is O=C(NCCN=C(Nc1ccccc1)N1CCCCC1)c1ccccc1. The molecule has 0 saturated carbocycles. The van der Waals surface area contributed by atoms with Crippen molar-refractivity contribution < 1.29 is 4.79 Å². The lowest BCUT2D eigenvalue weighted by molar-refractivity contribution is 0.0955. The number of nitrogens with one attached hydrogen (secondary N) is 2. The quantitative estimate of drug-likeness (QED) is 0.494. The maximum atomic E-state index is 12.1. The highest BCUT2D eigenvalue weighted by atomic mass is 16.1. The second-order valence-corrected chi connectivity index (χ2v) is 6.37. The Bertz CT molecular complexity index is 709. The molecule has 1 fully saturated rings. The molecule has 3 rings (SSSR count). The number of para-hydroxylation sites is 1. The van der Waals surface area contributed by atoms with Gasteiger partial charge < -0.3 is 15.5 Å². The van der Waals surface area contributed by atoms with E-state index in [4.69, 9.17) is 4.99 Å². The third kappa shape index (κ3) is 5.34. The van der Waals surface area contributed by atoms with Crippen molar-refractivity contribution >= 4 is 17.6 Å². The Kier molecular flexibility index (Phi) is 6.65. The smallest absolute Gasteiger partial charge is 0.251 e. The van der Waals surface area contributed by atoms with Crippen molar-refractivity contribution in [2.75, 3.05) is 31.5 Å². The number of guanidine groups is 1. The van der Waals surface area contributed by atoms with Crippen LogP contribution < -0.4 is 10.6 Å². The maximum Gasteiger partial charge on any atom is 0.251 e. The van der Waals surface area contributed by atoms with Crippen LogP contribution in [0.15, 0.2) is 65.7 Å². The van der Waals surface area contributed by atoms with Gasteiger partial charge in [0.2, 0.25) is 0 Å². The molecule has 0 radical (unpaired) electrons. The minimum Gasteiger partial charge on any atom is -0.350 e. The summed E-state index contributed by atoms with van der Waals surface area (Å²) in [6, 6.07) is 19.4. The second-order valence-electron chi connectivity index (χ2n) is 6.37. The molecule has 1 heterocycles. The molecule has 26 heavy (non-hydrogen) atoms. The first-order valence-electron chi connectivity index (χ1n) is 9.27. The summed E-state index contributed by atoms with van der Waals surface area (Å²) in [7, 11) is 0. The van der Waals surface area contributed by atoms with Crippen molar-refractivity contribution in [3.05, 3.63) is 66.2 Å². The summed E-state index contributed by atoms with van der Waals surface area (Å²) in [6.45, 7) is 3.11. The van der Waals surface area contributed by atoms with E-state index in [0.717, 1.165) is 24.7 Å². The lowest BCUT2D eigenvalue weighted by Crippen LogP contribution is -2.40. The Morgan fingerprint density at radius 2 is 1.58 bits per heavy atom. The van der Waals surface area contributed by atoms with E-state index >= 15 is 0 Å². The largest absolute Gasteiger partial charge is 0.350 e. The van der Waals surface area contributed by atoms with Gasteiger partial charge in [-0.1, -0.05) is 36.4 Å². The van der Waals surface area contributed by atoms with Crippen LogP contribution in [0.1, 0.15) is 29.6 Å². The van der Waals surface area contributed by atoms with Gasteiger partial charge in [0.1, 0.15) is 0 Å². The number of amides is 1. The van der Waals surface area contributed by atoms with Gasteiger partial charge in [-0.15, -0.1) is 0 Å². The van der Waals surface area contributed by atoms with E-state index in [9.17, 15) is 4.79 Å². The first kappa shape index (κ1) is 18.0. The molecule has 1 saturated heterocycles. The van der Waals surface area contributed by atoms with Gasteiger partial charge in [-0.05, 0) is 43.5 Å². The van der Waals surface area contributed by atoms with Crippen molar-refractivity contribution in [1.29, 1.82) is 0 Å². The highest BCUT2D eigenvalue weighted by Gasteiger charge is 2.15. The predicted octanol–water partition coefficient (Wildman–Crippen LogP) is 3.37. The molecule has 0 aliphatic carbocycles. The van der Waals surface area contributed by atoms with E-state index < -0.39 is 0 Å². The Balaban J connectivity index is 1.57. The van der Waals surface area contributed by atoms with Crippen LogP contribution in [0.3, 0.4) is 0 Å². The summed E-state index contributed by atoms with van der Waals surface area (Å²) in [5, 5.41) is 6.36. The standard InChI is InChI=1S/C21H26N4O/c26-20(18-10-4-1-5-11-18)22-14-15-23-21(25-16-8-3-9-17-25)24-19-12-6-2-7-13-19/h1-2,4-7,10-13H,3,8-9,14-17H2,(H,22,26)(H,23,24). The Labute approximate surface area is 155 Å². The third-order valence-electron chi connectivity index (χ3n) is 4.38. The molecular formula is C21H26N4O. The highest BCUT2D eigenvalue weighted by molar-refractivity contribution is 5.94. The third-order valence-corrected chi connectivity index (χ3v) is 4.38. The van der Waals surface area contributed by atoms with Crippen LogP contribution in [-0.2, 0) is 0 Å². The van der Waals surface area contributed by atoms with Crippen molar-refractivity contribution in [3.63, 3.8) is 0 Å². The van der Waals surface area contributed by atoms with Crippen molar-refractivity contribution in [2.45, 2.75) is 19.3 Å². The molecule has 2 aromatic rings. The van der Waals surface area contributed by atoms with Crippen molar-refractivity contribution in [3.8, 4) is 0 Å². The predicted molar refractivity (Wildman–Crippen MR) is 107 cm³/mol. The second kappa shape index (κ2) is 9.61. The number of rotatable bonds is 5. The van der Waals surface area contributed by atoms with E-state index in [1.807, 2.05) is 60.7 Å². The van der Waals surface area contributed by atoms with Crippen LogP contribution in [0, 0.1) is 0 Å². The minimum absolute atomic E-state index is 0.0589. The lowest BCUT2D eigenvalue weighted by Gasteiger charge is -2.30. The summed E-state index contributed by atoms with van der Waals surface area (Å²) in [4.78, 5) is 19.1. The molecule has 0 unspecified atom stereocenters. The fraction of sp³-hybridized carbons (Fsp3) is 0.333. The molecule has 136 valence electrons. The number of piperidine rings is 1. The zero-order valence-electron chi connectivity index (χ0n) is 15.0. The molecule has 5 nitrogen and oxygen atoms in total. The molecule has 0 spiro atoms. The van der Waals surface area contributed by atoms with Crippen LogP contribution in [0.5, 0.6) is 0 Å². The summed E-state index contributed by atoms with van der Waals surface area (Å²) in [5.41, 5.74) is 1.71. The zero-order valence-corrected chi connectivity index (χ0v) is 15.0. The van der Waals surface area contributed by atoms with E-state index in [2.05, 4.69) is 15.5 Å². The monoisotopic (exact) mass is 350 g/mol. The van der Waals surface area contributed by atoms with Crippen LogP contribution >= 0.6 is 0 Å². The van der Waals surface area contributed by atoms with Crippen molar-refractivity contribution in [2.24, 2.45) is 4.99 Å². The van der Waals surface area contributed by atoms with Gasteiger partial charge in [-0.3, -0.25) is 9.79 Å². The van der Waals surface area contributed by atoms with Gasteiger partial charge in [-0.2, -0.15) is 0 Å². The number of carbonyl (C=O) groups is 1. The topological polar surface area (TPSA) is 56.7 Å². The van der Waals surface area contributed by atoms with E-state index in [0.29, 0.717) is 18.7 Å². The molecular weight excluding hydrogens is 324 g/mol. The molecule has 1 aliphatic rings. The molecule has 0 atom stereocenters. The average molecular weight is 350 g/mol. The van der Waals surface area contributed by atoms with Crippen LogP contribution in [0.25, 0.3) is 0 Å². The molecule has 1 aliphatic heterocycles. The molecule has 0 aromatic heterocycles. The number of anilines is 1. The number of nitrogens with zero attached hydrogens (tertiary/aromatic N) is 2. The van der Waals surface area contributed by atoms with Gasteiger partial charge in [-0.25, -0.2) is 0 Å². The van der Waals surface area contributed by atoms with Gasteiger partial charge >= 0.3 is 0 Å². The van der Waals surface area contributed by atoms with Gasteiger partial charge in [0, 0.05) is 30.9 Å². The zero-order chi connectivity index (χ0) is 18.0. The Morgan fingerprint density at radius 3 is 2.27 bits per heavy atom. The van der Waals surface area contributed by atoms with Gasteiger partial charge in [0.25, 0.3) is 5.91 Å². The fourth-order valence-corrected chi connectivity index (χ4v) is 3.00. The summed E-state index contributed by atoms with van der Waals surface area (Å²) >= 11 is 0. The summed E-state index contributed by atoms with van der Waals surface area (Å²) in [5.74, 6) is 0.834. The molecule has 2 N–H and O–H groups in total. The Morgan fingerprint density at radius 1 is 0.923 bits per heavy atom. The van der Waals surface area contributed by atoms with Gasteiger partial charge in [0.05, 0.1) is 6.54 Å². The lowest BCUT2D eigenvalue weighted by atomic mass is 10.1. The van der Waals surface area contributed by atoms with Crippen LogP contribution in [0.2, 0.25) is 0 Å². The number of benzene rings is 2. The molecule has 5 heteroatoms. The molecule has 1 amide bonds. The van der Waals surface area contributed by atoms with Crippen molar-refractivity contribution in [1.82, 2.24) is 10.2 Å². The average Bonchev–Trinajstić information content (AvgIpc) is 2.72. The van der Waals surface area contributed by atoms with E-state index in [-0.39, 0.29) is 5.91 Å². The number of carbonyl (C=O) groups excluding carboxylic acids is 1. The number of hydrogen-bond donors (Lipinski definition) is 2. The van der Waals surface area contributed by atoms with Gasteiger partial charge in [0.15, 0.2) is 5.96 Å². The molecule has 0 bridgehead atoms. The van der Waals surface area contributed by atoms with Crippen LogP contribution in [-0.4, -0.2) is 42.9 Å².